The van der Waals surface area contributed by atoms with Crippen molar-refractivity contribution in [2.24, 2.45) is 0 Å². The monoisotopic (exact) mass is 1010 g/mol. The first-order valence-electron chi connectivity index (χ1n) is 30.0. The van der Waals surface area contributed by atoms with Gasteiger partial charge in [0.2, 0.25) is 0 Å². The third-order valence-electron chi connectivity index (χ3n) is 12.4. The second kappa shape index (κ2) is 60.4. The summed E-state index contributed by atoms with van der Waals surface area (Å²) >= 11 is 0. The lowest BCUT2D eigenvalue weighted by atomic mass is 10.1. The molecule has 0 rings (SSSR count). The van der Waals surface area contributed by atoms with Gasteiger partial charge in [-0.1, -0.05) is 232 Å². The lowest BCUT2D eigenvalue weighted by molar-refractivity contribution is -0.167. The van der Waals surface area contributed by atoms with Gasteiger partial charge in [0.05, 0.1) is 0 Å². The molecule has 1 atom stereocenters. The molecule has 0 radical (unpaired) electrons. The summed E-state index contributed by atoms with van der Waals surface area (Å²) < 4.78 is 16.9. The van der Waals surface area contributed by atoms with Crippen LogP contribution in [0.5, 0.6) is 0 Å². The molecule has 0 aromatic heterocycles. The Morgan fingerprint density at radius 2 is 0.534 bits per heavy atom. The zero-order valence-electron chi connectivity index (χ0n) is 47.4. The molecule has 0 heterocycles. The molecule has 73 heavy (non-hydrogen) atoms. The maximum absolute atomic E-state index is 12.9. The SMILES string of the molecule is CC/C=C\C/C=C\C/C=C\C/C=C\C/C=C\C/C=C\CCCCCCCCC(=O)OCC(COC(=O)CCCCCCC/C=C\C/C=C\CCCCC)OC(=O)CCCCCCC/C=C\C/C=C\CCCCC. The van der Waals surface area contributed by atoms with Gasteiger partial charge in [-0.15, -0.1) is 0 Å². The van der Waals surface area contributed by atoms with E-state index in [1.54, 1.807) is 0 Å². The van der Waals surface area contributed by atoms with E-state index in [2.05, 4.69) is 142 Å². The number of esters is 3. The second-order valence-corrected chi connectivity index (χ2v) is 19.5. The number of carbonyl (C=O) groups is 3. The van der Waals surface area contributed by atoms with E-state index < -0.39 is 6.10 Å². The molecule has 6 heteroatoms. The summed E-state index contributed by atoms with van der Waals surface area (Å²) in [6.45, 7) is 6.44. The van der Waals surface area contributed by atoms with Gasteiger partial charge in [-0.05, 0) is 135 Å². The zero-order chi connectivity index (χ0) is 52.9. The molecule has 0 aliphatic carbocycles. The van der Waals surface area contributed by atoms with Gasteiger partial charge >= 0.3 is 17.9 Å². The zero-order valence-corrected chi connectivity index (χ0v) is 47.4. The molecule has 0 aliphatic rings. The molecule has 0 fully saturated rings. The lowest BCUT2D eigenvalue weighted by Gasteiger charge is -2.18. The van der Waals surface area contributed by atoms with E-state index in [0.717, 1.165) is 161 Å². The summed E-state index contributed by atoms with van der Waals surface area (Å²) in [5, 5.41) is 0. The van der Waals surface area contributed by atoms with Gasteiger partial charge in [-0.25, -0.2) is 0 Å². The third kappa shape index (κ3) is 58.6. The fourth-order valence-electron chi connectivity index (χ4n) is 7.92. The Kier molecular flexibility index (Phi) is 56.9. The first-order valence-corrected chi connectivity index (χ1v) is 30.0. The minimum absolute atomic E-state index is 0.0984. The summed E-state index contributed by atoms with van der Waals surface area (Å²) in [6, 6.07) is 0. The average Bonchev–Trinajstić information content (AvgIpc) is 3.39. The molecule has 0 spiro atoms. The fourth-order valence-corrected chi connectivity index (χ4v) is 7.92. The minimum Gasteiger partial charge on any atom is -0.462 e. The maximum Gasteiger partial charge on any atom is 0.306 e. The van der Waals surface area contributed by atoms with Crippen LogP contribution in [0, 0.1) is 0 Å². The van der Waals surface area contributed by atoms with Crippen molar-refractivity contribution in [2.75, 3.05) is 13.2 Å². The topological polar surface area (TPSA) is 78.9 Å². The van der Waals surface area contributed by atoms with Crippen LogP contribution in [0.3, 0.4) is 0 Å². The summed E-state index contributed by atoms with van der Waals surface area (Å²) in [6.07, 6.45) is 83.3. The average molecular weight is 1010 g/mol. The molecule has 0 amide bonds. The number of hydrogen-bond acceptors (Lipinski definition) is 6. The highest BCUT2D eigenvalue weighted by atomic mass is 16.6. The van der Waals surface area contributed by atoms with Crippen molar-refractivity contribution in [1.29, 1.82) is 0 Å². The van der Waals surface area contributed by atoms with Crippen LogP contribution in [0.25, 0.3) is 0 Å². The summed E-state index contributed by atoms with van der Waals surface area (Å²) in [5.41, 5.74) is 0. The maximum atomic E-state index is 12.9. The highest BCUT2D eigenvalue weighted by Crippen LogP contribution is 2.14. The van der Waals surface area contributed by atoms with Gasteiger partial charge < -0.3 is 14.2 Å². The second-order valence-electron chi connectivity index (χ2n) is 19.5. The predicted octanol–water partition coefficient (Wildman–Crippen LogP) is 20.4. The summed E-state index contributed by atoms with van der Waals surface area (Å²) in [4.78, 5) is 38.2. The predicted molar refractivity (Wildman–Crippen MR) is 316 cm³/mol. The Bertz CT molecular complexity index is 1540. The number of unbranched alkanes of at least 4 members (excludes halogenated alkanes) is 22. The smallest absolute Gasteiger partial charge is 0.306 e. The Balaban J connectivity index is 4.42. The molecular weight excluding hydrogens is 901 g/mol. The molecule has 6 nitrogen and oxygen atoms in total. The van der Waals surface area contributed by atoms with Gasteiger partial charge in [0.25, 0.3) is 0 Å². The fraction of sp³-hybridized carbons (Fsp3) is 0.657. The number of carbonyl (C=O) groups excluding carboxylic acids is 3. The molecule has 1 unspecified atom stereocenters. The highest BCUT2D eigenvalue weighted by Gasteiger charge is 2.19. The van der Waals surface area contributed by atoms with Gasteiger partial charge in [-0.2, -0.15) is 0 Å². The van der Waals surface area contributed by atoms with E-state index in [4.69, 9.17) is 14.2 Å². The van der Waals surface area contributed by atoms with Crippen molar-refractivity contribution in [1.82, 2.24) is 0 Å². The third-order valence-corrected chi connectivity index (χ3v) is 12.4. The van der Waals surface area contributed by atoms with Crippen LogP contribution >= 0.6 is 0 Å². The number of allylic oxidation sites excluding steroid dienone is 20. The van der Waals surface area contributed by atoms with E-state index in [1.807, 2.05) is 0 Å². The van der Waals surface area contributed by atoms with Crippen LogP contribution < -0.4 is 0 Å². The molecule has 0 aromatic carbocycles. The number of rotatable bonds is 53. The summed E-state index contributed by atoms with van der Waals surface area (Å²) in [7, 11) is 0. The summed E-state index contributed by atoms with van der Waals surface area (Å²) in [5.74, 6) is -0.940. The lowest BCUT2D eigenvalue weighted by Crippen LogP contribution is -2.30. The van der Waals surface area contributed by atoms with E-state index in [1.165, 1.54) is 64.2 Å². The first-order chi connectivity index (χ1) is 36.0. The molecule has 414 valence electrons. The molecule has 0 bridgehead atoms. The Labute approximate surface area is 450 Å². The van der Waals surface area contributed by atoms with Crippen molar-refractivity contribution >= 4 is 17.9 Å². The molecule has 0 N–H and O–H groups in total. The highest BCUT2D eigenvalue weighted by molar-refractivity contribution is 5.71. The van der Waals surface area contributed by atoms with Gasteiger partial charge in [0.1, 0.15) is 13.2 Å². The van der Waals surface area contributed by atoms with E-state index >= 15 is 0 Å². The van der Waals surface area contributed by atoms with Crippen LogP contribution in [0.2, 0.25) is 0 Å². The van der Waals surface area contributed by atoms with Crippen LogP contribution in [0.1, 0.15) is 265 Å². The molecule has 0 saturated carbocycles. The minimum atomic E-state index is -0.802. The van der Waals surface area contributed by atoms with Crippen LogP contribution in [0.15, 0.2) is 122 Å². The first kappa shape index (κ1) is 68.8. The molecule has 0 aromatic rings. The Hall–Kier alpha value is -4.19. The Morgan fingerprint density at radius 3 is 0.836 bits per heavy atom. The largest absolute Gasteiger partial charge is 0.462 e. The molecule has 0 saturated heterocycles. The number of hydrogen-bond donors (Lipinski definition) is 0. The van der Waals surface area contributed by atoms with Crippen molar-refractivity contribution in [3.05, 3.63) is 122 Å². The van der Waals surface area contributed by atoms with Crippen molar-refractivity contribution in [2.45, 2.75) is 271 Å². The van der Waals surface area contributed by atoms with Crippen LogP contribution in [-0.2, 0) is 28.6 Å². The van der Waals surface area contributed by atoms with Crippen LogP contribution in [0.4, 0.5) is 0 Å². The van der Waals surface area contributed by atoms with Crippen molar-refractivity contribution in [3.63, 3.8) is 0 Å². The number of ether oxygens (including phenoxy) is 3. The van der Waals surface area contributed by atoms with Crippen LogP contribution in [-0.4, -0.2) is 37.2 Å². The van der Waals surface area contributed by atoms with Gasteiger partial charge in [0.15, 0.2) is 6.10 Å². The van der Waals surface area contributed by atoms with Crippen molar-refractivity contribution < 1.29 is 28.6 Å². The molecular formula is C67H110O6. The van der Waals surface area contributed by atoms with Crippen molar-refractivity contribution in [3.8, 4) is 0 Å². The Morgan fingerprint density at radius 1 is 0.288 bits per heavy atom. The van der Waals surface area contributed by atoms with E-state index in [0.29, 0.717) is 19.3 Å². The van der Waals surface area contributed by atoms with E-state index in [-0.39, 0.29) is 31.1 Å². The standard InChI is InChI=1S/C67H110O6/c1-4-7-10-13-16-19-22-25-28-29-30-31-32-33-34-35-36-37-40-42-45-48-51-54-57-60-66(69)72-63-64(73-67(70)61-58-55-52-49-46-43-39-27-24-21-18-15-12-9-6-3)62-71-65(68)59-56-53-50-47-44-41-38-26-23-20-17-14-11-8-5-2/h7,10,16-21,25-28,30-31,33-34,36-39,64H,4-6,8-9,11-15,22-24,29,32,35,40-63H2,1-3H3/b10-7-,19-16-,20-17-,21-18-,28-25-,31-30-,34-33-,37-36-,38-26-,39-27-. The van der Waals surface area contributed by atoms with E-state index in [9.17, 15) is 14.4 Å². The van der Waals surface area contributed by atoms with Gasteiger partial charge in [0, 0.05) is 19.3 Å². The van der Waals surface area contributed by atoms with Gasteiger partial charge in [-0.3, -0.25) is 14.4 Å². The quantitative estimate of drug-likeness (QED) is 0.0261. The normalized spacial score (nSPS) is 13.0. The molecule has 0 aliphatic heterocycles.